The fourth-order valence-corrected chi connectivity index (χ4v) is 4.52. The molecule has 0 aromatic heterocycles. The molecule has 7 heteroatoms. The number of carbonyl (C=O) groups is 1. The summed E-state index contributed by atoms with van der Waals surface area (Å²) in [6.07, 6.45) is 1.74. The van der Waals surface area contributed by atoms with E-state index in [1.165, 1.54) is 0 Å². The van der Waals surface area contributed by atoms with Crippen molar-refractivity contribution in [3.8, 4) is 28.7 Å². The van der Waals surface area contributed by atoms with Crippen LogP contribution in [0.25, 0.3) is 6.08 Å². The van der Waals surface area contributed by atoms with E-state index in [0.717, 1.165) is 33.8 Å². The smallest absolute Gasteiger partial charge is 0.232 e. The van der Waals surface area contributed by atoms with E-state index in [2.05, 4.69) is 4.90 Å². The van der Waals surface area contributed by atoms with Crippen LogP contribution in [0.4, 0.5) is 0 Å². The molecule has 3 heterocycles. The van der Waals surface area contributed by atoms with Crippen LogP contribution in [-0.2, 0) is 13.1 Å². The second kappa shape index (κ2) is 8.11. The fourth-order valence-electron chi connectivity index (χ4n) is 4.52. The van der Waals surface area contributed by atoms with E-state index in [1.807, 2.05) is 55.5 Å². The Bertz CT molecular complexity index is 1330. The standard InChI is InChI=1S/C27H23NO6/c1-16-9-22-20(13-28(14-31-22)12-17-3-6-19(30-2)7-4-17)27-25(16)26(29)24(34-27)11-18-5-8-21-23(10-18)33-15-32-21/h3-11H,12-15H2,1-2H3/b24-11-. The van der Waals surface area contributed by atoms with Gasteiger partial charge in [-0.2, -0.15) is 0 Å². The number of Topliss-reactive ketones (excluding diaryl/α,β-unsaturated/α-hetero) is 1. The molecule has 0 bridgehead atoms. The van der Waals surface area contributed by atoms with Crippen LogP contribution in [0.3, 0.4) is 0 Å². The molecule has 0 fully saturated rings. The summed E-state index contributed by atoms with van der Waals surface area (Å²) in [5.41, 5.74) is 4.29. The van der Waals surface area contributed by atoms with Gasteiger partial charge in [0.05, 0.1) is 18.2 Å². The maximum absolute atomic E-state index is 13.3. The molecule has 3 aliphatic heterocycles. The number of fused-ring (bicyclic) bond motifs is 4. The normalized spacial score (nSPS) is 17.2. The number of hydrogen-bond donors (Lipinski definition) is 0. The number of carbonyl (C=O) groups excluding carboxylic acids is 1. The first-order chi connectivity index (χ1) is 16.6. The first kappa shape index (κ1) is 20.6. The van der Waals surface area contributed by atoms with Gasteiger partial charge in [0.25, 0.3) is 0 Å². The number of aryl methyl sites for hydroxylation is 1. The lowest BCUT2D eigenvalue weighted by Gasteiger charge is -2.30. The number of hydrogen-bond acceptors (Lipinski definition) is 7. The highest BCUT2D eigenvalue weighted by Crippen LogP contribution is 2.44. The number of allylic oxidation sites excluding steroid dienone is 1. The largest absolute Gasteiger partial charge is 0.497 e. The Hall–Kier alpha value is -3.97. The van der Waals surface area contributed by atoms with Gasteiger partial charge in [0, 0.05) is 13.1 Å². The Morgan fingerprint density at radius 3 is 2.65 bits per heavy atom. The number of benzene rings is 3. The lowest BCUT2D eigenvalue weighted by atomic mass is 9.98. The quantitative estimate of drug-likeness (QED) is 0.526. The maximum atomic E-state index is 13.3. The molecule has 0 N–H and O–H groups in total. The Labute approximate surface area is 197 Å². The molecule has 7 nitrogen and oxygen atoms in total. The lowest BCUT2D eigenvalue weighted by molar-refractivity contribution is 0.0872. The highest BCUT2D eigenvalue weighted by Gasteiger charge is 2.35. The van der Waals surface area contributed by atoms with Gasteiger partial charge in [0.1, 0.15) is 24.0 Å². The minimum Gasteiger partial charge on any atom is -0.497 e. The zero-order valence-corrected chi connectivity index (χ0v) is 18.9. The molecular weight excluding hydrogens is 434 g/mol. The van der Waals surface area contributed by atoms with Crippen LogP contribution in [-0.4, -0.2) is 31.3 Å². The second-order valence-corrected chi connectivity index (χ2v) is 8.54. The molecule has 0 saturated heterocycles. The van der Waals surface area contributed by atoms with Crippen molar-refractivity contribution in [1.82, 2.24) is 4.90 Å². The average Bonchev–Trinajstić information content (AvgIpc) is 3.45. The average molecular weight is 457 g/mol. The summed E-state index contributed by atoms with van der Waals surface area (Å²) in [6, 6.07) is 15.5. The van der Waals surface area contributed by atoms with Crippen LogP contribution in [0.1, 0.15) is 32.6 Å². The molecule has 0 radical (unpaired) electrons. The van der Waals surface area contributed by atoms with E-state index in [1.54, 1.807) is 13.2 Å². The van der Waals surface area contributed by atoms with Gasteiger partial charge in [-0.1, -0.05) is 18.2 Å². The third kappa shape index (κ3) is 3.54. The summed E-state index contributed by atoms with van der Waals surface area (Å²) in [5.74, 6) is 3.70. The van der Waals surface area contributed by atoms with Gasteiger partial charge in [-0.15, -0.1) is 0 Å². The van der Waals surface area contributed by atoms with Gasteiger partial charge in [0.2, 0.25) is 12.6 Å². The van der Waals surface area contributed by atoms with Crippen LogP contribution in [0, 0.1) is 6.92 Å². The Morgan fingerprint density at radius 1 is 1.00 bits per heavy atom. The molecule has 0 amide bonds. The van der Waals surface area contributed by atoms with Crippen LogP contribution in [0.15, 0.2) is 54.3 Å². The van der Waals surface area contributed by atoms with Crippen molar-refractivity contribution in [3.63, 3.8) is 0 Å². The molecule has 0 unspecified atom stereocenters. The predicted molar refractivity (Wildman–Crippen MR) is 124 cm³/mol. The molecule has 3 aliphatic rings. The van der Waals surface area contributed by atoms with Crippen LogP contribution >= 0.6 is 0 Å². The first-order valence-corrected chi connectivity index (χ1v) is 11.1. The zero-order valence-electron chi connectivity index (χ0n) is 18.9. The fraction of sp³-hybridized carbons (Fsp3) is 0.222. The zero-order chi connectivity index (χ0) is 23.2. The summed E-state index contributed by atoms with van der Waals surface area (Å²) in [7, 11) is 1.66. The maximum Gasteiger partial charge on any atom is 0.232 e. The van der Waals surface area contributed by atoms with E-state index < -0.39 is 0 Å². The summed E-state index contributed by atoms with van der Waals surface area (Å²) in [6.45, 7) is 3.91. The van der Waals surface area contributed by atoms with E-state index in [0.29, 0.717) is 42.6 Å². The van der Waals surface area contributed by atoms with Gasteiger partial charge in [0.15, 0.2) is 17.3 Å². The molecule has 0 atom stereocenters. The van der Waals surface area contributed by atoms with Crippen molar-refractivity contribution in [2.45, 2.75) is 20.0 Å². The van der Waals surface area contributed by atoms with Gasteiger partial charge < -0.3 is 23.7 Å². The number of rotatable bonds is 4. The Morgan fingerprint density at radius 2 is 1.82 bits per heavy atom. The number of nitrogens with zero attached hydrogens (tertiary/aromatic N) is 1. The first-order valence-electron chi connectivity index (χ1n) is 11.1. The third-order valence-electron chi connectivity index (χ3n) is 6.25. The van der Waals surface area contributed by atoms with Gasteiger partial charge in [-0.25, -0.2) is 0 Å². The molecule has 0 spiro atoms. The predicted octanol–water partition coefficient (Wildman–Crippen LogP) is 4.70. The number of methoxy groups -OCH3 is 1. The van der Waals surface area contributed by atoms with Crippen LogP contribution in [0.5, 0.6) is 28.7 Å². The molecule has 6 rings (SSSR count). The minimum absolute atomic E-state index is 0.125. The van der Waals surface area contributed by atoms with Crippen LogP contribution in [0.2, 0.25) is 0 Å². The van der Waals surface area contributed by atoms with Crippen LogP contribution < -0.4 is 23.7 Å². The summed E-state index contributed by atoms with van der Waals surface area (Å²) in [5, 5.41) is 0. The van der Waals surface area contributed by atoms with E-state index >= 15 is 0 Å². The highest BCUT2D eigenvalue weighted by molar-refractivity contribution is 6.16. The summed E-state index contributed by atoms with van der Waals surface area (Å²) >= 11 is 0. The molecule has 172 valence electrons. The summed E-state index contributed by atoms with van der Waals surface area (Å²) < 4.78 is 28.3. The number of ketones is 1. The van der Waals surface area contributed by atoms with Gasteiger partial charge in [-0.05, 0) is 60.0 Å². The van der Waals surface area contributed by atoms with Gasteiger partial charge in [-0.3, -0.25) is 9.69 Å². The molecule has 34 heavy (non-hydrogen) atoms. The number of ether oxygens (including phenoxy) is 5. The van der Waals surface area contributed by atoms with E-state index in [-0.39, 0.29) is 18.3 Å². The Kier molecular flexibility index (Phi) is 4.92. The molecule has 0 saturated carbocycles. The topological polar surface area (TPSA) is 66.5 Å². The third-order valence-corrected chi connectivity index (χ3v) is 6.25. The van der Waals surface area contributed by atoms with Crippen molar-refractivity contribution in [1.29, 1.82) is 0 Å². The molecule has 3 aromatic carbocycles. The van der Waals surface area contributed by atoms with Crippen molar-refractivity contribution in [2.24, 2.45) is 0 Å². The minimum atomic E-state index is -0.125. The van der Waals surface area contributed by atoms with Crippen molar-refractivity contribution < 1.29 is 28.5 Å². The molecule has 3 aromatic rings. The SMILES string of the molecule is COc1ccc(CN2COc3cc(C)c4c(c3C2)O/C(=C\c2ccc3c(c2)OCO3)C4=O)cc1. The van der Waals surface area contributed by atoms with E-state index in [9.17, 15) is 4.79 Å². The molecular formula is C27H23NO6. The van der Waals surface area contributed by atoms with Gasteiger partial charge >= 0.3 is 0 Å². The highest BCUT2D eigenvalue weighted by atomic mass is 16.7. The van der Waals surface area contributed by atoms with Crippen molar-refractivity contribution in [2.75, 3.05) is 20.6 Å². The Balaban J connectivity index is 1.28. The van der Waals surface area contributed by atoms with Crippen molar-refractivity contribution in [3.05, 3.63) is 82.1 Å². The molecule has 0 aliphatic carbocycles. The van der Waals surface area contributed by atoms with E-state index in [4.69, 9.17) is 23.7 Å². The summed E-state index contributed by atoms with van der Waals surface area (Å²) in [4.78, 5) is 15.4. The lowest BCUT2D eigenvalue weighted by Crippen LogP contribution is -2.31. The monoisotopic (exact) mass is 457 g/mol. The van der Waals surface area contributed by atoms with Crippen molar-refractivity contribution >= 4 is 11.9 Å². The second-order valence-electron chi connectivity index (χ2n) is 8.54.